The largest absolute Gasteiger partial charge is 0.360 e. The Bertz CT molecular complexity index is 870. The molecule has 1 N–H and O–H groups in total. The number of carbonyl (C=O) groups excluding carboxylic acids is 1. The summed E-state index contributed by atoms with van der Waals surface area (Å²) in [6.07, 6.45) is 6.12. The molecule has 2 heterocycles. The van der Waals surface area contributed by atoms with Gasteiger partial charge in [-0.15, -0.1) is 0 Å². The Kier molecular flexibility index (Phi) is 4.31. The number of aromatic nitrogens is 3. The second-order valence-electron chi connectivity index (χ2n) is 6.07. The first-order valence-corrected chi connectivity index (χ1v) is 9.07. The molecule has 2 aromatic heterocycles. The van der Waals surface area contributed by atoms with Gasteiger partial charge >= 0.3 is 0 Å². The molecule has 0 bridgehead atoms. The lowest BCUT2D eigenvalue weighted by molar-refractivity contribution is -0.115. The topological polar surface area (TPSA) is 73.0 Å². The van der Waals surface area contributed by atoms with E-state index >= 15 is 0 Å². The van der Waals surface area contributed by atoms with Gasteiger partial charge in [-0.1, -0.05) is 47.3 Å². The highest BCUT2D eigenvalue weighted by Crippen LogP contribution is 2.41. The third-order valence-electron chi connectivity index (χ3n) is 4.02. The van der Waals surface area contributed by atoms with Gasteiger partial charge in [0.2, 0.25) is 5.91 Å². The Hall–Kier alpha value is -2.54. The van der Waals surface area contributed by atoms with Crippen LogP contribution in [0.3, 0.4) is 0 Å². The van der Waals surface area contributed by atoms with E-state index in [0.717, 1.165) is 10.7 Å². The maximum atomic E-state index is 12.9. The second-order valence-corrected chi connectivity index (χ2v) is 7.14. The molecule has 1 atom stereocenters. The molecule has 128 valence electrons. The fourth-order valence-corrected chi connectivity index (χ4v) is 3.77. The normalized spacial score (nSPS) is 15.1. The van der Waals surface area contributed by atoms with Crippen LogP contribution < -0.4 is 5.32 Å². The van der Waals surface area contributed by atoms with Crippen LogP contribution in [-0.2, 0) is 4.79 Å². The molecule has 1 unspecified atom stereocenters. The lowest BCUT2D eigenvalue weighted by Crippen LogP contribution is -2.19. The number of aryl methyl sites for hydroxylation is 1. The molecule has 0 spiro atoms. The smallest absolute Gasteiger partial charge is 0.243 e. The summed E-state index contributed by atoms with van der Waals surface area (Å²) in [6, 6.07) is 11.9. The zero-order valence-electron chi connectivity index (χ0n) is 13.8. The van der Waals surface area contributed by atoms with Crippen molar-refractivity contribution >= 4 is 23.5 Å². The summed E-state index contributed by atoms with van der Waals surface area (Å²) in [4.78, 5) is 17.3. The van der Waals surface area contributed by atoms with Gasteiger partial charge in [0, 0.05) is 24.5 Å². The highest BCUT2D eigenvalue weighted by atomic mass is 32.2. The van der Waals surface area contributed by atoms with Crippen LogP contribution in [0, 0.1) is 6.92 Å². The minimum atomic E-state index is -0.418. The number of benzene rings is 1. The number of anilines is 1. The predicted molar refractivity (Wildman–Crippen MR) is 95.4 cm³/mol. The van der Waals surface area contributed by atoms with Crippen LogP contribution in [0.4, 0.5) is 5.82 Å². The average molecular weight is 354 g/mol. The zero-order chi connectivity index (χ0) is 17.2. The monoisotopic (exact) mass is 354 g/mol. The van der Waals surface area contributed by atoms with Gasteiger partial charge in [0.25, 0.3) is 0 Å². The molecule has 6 nitrogen and oxygen atoms in total. The van der Waals surface area contributed by atoms with Gasteiger partial charge in [-0.2, -0.15) is 0 Å². The van der Waals surface area contributed by atoms with E-state index in [1.54, 1.807) is 19.2 Å². The van der Waals surface area contributed by atoms with Crippen LogP contribution in [0.25, 0.3) is 0 Å². The average Bonchev–Trinajstić information content (AvgIpc) is 3.22. The molecular weight excluding hydrogens is 336 g/mol. The first kappa shape index (κ1) is 16.0. The van der Waals surface area contributed by atoms with Gasteiger partial charge in [0.1, 0.15) is 11.0 Å². The molecule has 1 amide bonds. The summed E-state index contributed by atoms with van der Waals surface area (Å²) < 4.78 is 7.19. The lowest BCUT2D eigenvalue weighted by Gasteiger charge is -2.16. The van der Waals surface area contributed by atoms with Crippen LogP contribution in [0.1, 0.15) is 35.5 Å². The molecule has 1 saturated carbocycles. The third kappa shape index (κ3) is 3.61. The number of nitrogens with zero attached hydrogens (tertiary/aromatic N) is 3. The number of hydrogen-bond donors (Lipinski definition) is 1. The Morgan fingerprint density at radius 1 is 1.36 bits per heavy atom. The first-order chi connectivity index (χ1) is 12.2. The Morgan fingerprint density at radius 2 is 2.16 bits per heavy atom. The van der Waals surface area contributed by atoms with Gasteiger partial charge in [0.15, 0.2) is 11.0 Å². The first-order valence-electron chi connectivity index (χ1n) is 8.19. The van der Waals surface area contributed by atoms with Crippen LogP contribution in [0.15, 0.2) is 58.5 Å². The Balaban J connectivity index is 1.59. The molecule has 4 rings (SSSR count). The lowest BCUT2D eigenvalue weighted by atomic mass is 10.1. The van der Waals surface area contributed by atoms with E-state index in [9.17, 15) is 4.79 Å². The van der Waals surface area contributed by atoms with Crippen molar-refractivity contribution in [2.45, 2.75) is 36.2 Å². The molecule has 0 radical (unpaired) electrons. The van der Waals surface area contributed by atoms with Crippen LogP contribution >= 0.6 is 11.8 Å². The maximum Gasteiger partial charge on any atom is 0.243 e. The van der Waals surface area contributed by atoms with Crippen LogP contribution in [0.5, 0.6) is 0 Å². The highest BCUT2D eigenvalue weighted by Gasteiger charge is 2.29. The van der Waals surface area contributed by atoms with Crippen molar-refractivity contribution in [3.05, 3.63) is 60.1 Å². The number of imidazole rings is 1. The van der Waals surface area contributed by atoms with Crippen molar-refractivity contribution in [1.82, 2.24) is 14.7 Å². The van der Waals surface area contributed by atoms with Crippen molar-refractivity contribution < 1.29 is 9.32 Å². The number of amides is 1. The van der Waals surface area contributed by atoms with Gasteiger partial charge in [-0.25, -0.2) is 4.98 Å². The van der Waals surface area contributed by atoms with E-state index in [1.807, 2.05) is 36.5 Å². The maximum absolute atomic E-state index is 12.9. The van der Waals surface area contributed by atoms with E-state index in [4.69, 9.17) is 4.52 Å². The molecule has 1 fully saturated rings. The summed E-state index contributed by atoms with van der Waals surface area (Å²) in [7, 11) is 0. The molecule has 0 saturated heterocycles. The van der Waals surface area contributed by atoms with Gasteiger partial charge in [0.05, 0.1) is 0 Å². The van der Waals surface area contributed by atoms with Gasteiger partial charge in [-0.05, 0) is 25.3 Å². The fraction of sp³-hybridized carbons (Fsp3) is 0.278. The second kappa shape index (κ2) is 6.76. The van der Waals surface area contributed by atoms with Gasteiger partial charge in [-0.3, -0.25) is 4.79 Å². The molecule has 0 aliphatic heterocycles. The van der Waals surface area contributed by atoms with Crippen molar-refractivity contribution in [2.24, 2.45) is 0 Å². The molecule has 1 aliphatic rings. The van der Waals surface area contributed by atoms with E-state index in [1.165, 1.54) is 24.6 Å². The quantitative estimate of drug-likeness (QED) is 0.678. The Labute approximate surface area is 149 Å². The Morgan fingerprint density at radius 3 is 2.84 bits per heavy atom. The molecule has 3 aromatic rings. The molecule has 25 heavy (non-hydrogen) atoms. The number of thioether (sulfide) groups is 1. The molecule has 1 aromatic carbocycles. The summed E-state index contributed by atoms with van der Waals surface area (Å²) >= 11 is 1.46. The number of nitrogens with one attached hydrogen (secondary N) is 1. The van der Waals surface area contributed by atoms with Crippen molar-refractivity contribution in [1.29, 1.82) is 0 Å². The third-order valence-corrected chi connectivity index (χ3v) is 5.27. The van der Waals surface area contributed by atoms with E-state index in [0.29, 0.717) is 17.6 Å². The summed E-state index contributed by atoms with van der Waals surface area (Å²) in [5.74, 6) is 0.938. The van der Waals surface area contributed by atoms with Crippen LogP contribution in [0.2, 0.25) is 0 Å². The minimum absolute atomic E-state index is 0.144. The van der Waals surface area contributed by atoms with Gasteiger partial charge < -0.3 is 14.4 Å². The molecule has 7 heteroatoms. The van der Waals surface area contributed by atoms with Crippen LogP contribution in [-0.4, -0.2) is 20.6 Å². The van der Waals surface area contributed by atoms with E-state index in [2.05, 4.69) is 20.0 Å². The number of hydrogen-bond acceptors (Lipinski definition) is 5. The van der Waals surface area contributed by atoms with Crippen molar-refractivity contribution in [3.63, 3.8) is 0 Å². The SMILES string of the molecule is Cc1cc(NC(=O)C(Sc2nccn2C2CC2)c2ccccc2)no1. The predicted octanol–water partition coefficient (Wildman–Crippen LogP) is 3.99. The zero-order valence-corrected chi connectivity index (χ0v) is 14.6. The van der Waals surface area contributed by atoms with Crippen molar-refractivity contribution in [2.75, 3.05) is 5.32 Å². The van der Waals surface area contributed by atoms with Crippen molar-refractivity contribution in [3.8, 4) is 0 Å². The summed E-state index contributed by atoms with van der Waals surface area (Å²) in [5.41, 5.74) is 0.926. The highest BCUT2D eigenvalue weighted by molar-refractivity contribution is 8.00. The summed E-state index contributed by atoms with van der Waals surface area (Å²) in [6.45, 7) is 1.79. The summed E-state index contributed by atoms with van der Waals surface area (Å²) in [5, 5.41) is 7.13. The minimum Gasteiger partial charge on any atom is -0.360 e. The fourth-order valence-electron chi connectivity index (χ4n) is 2.64. The standard InChI is InChI=1S/C18H18N4O2S/c1-12-11-15(21-24-12)20-17(23)16(13-5-3-2-4-6-13)25-18-19-9-10-22(18)14-7-8-14/h2-6,9-11,14,16H,7-8H2,1H3,(H,20,21,23). The molecule has 1 aliphatic carbocycles. The number of carbonyl (C=O) groups is 1. The molecular formula is C18H18N4O2S. The van der Waals surface area contributed by atoms with E-state index in [-0.39, 0.29) is 5.91 Å². The van der Waals surface area contributed by atoms with E-state index < -0.39 is 5.25 Å². The number of rotatable bonds is 6.